The lowest BCUT2D eigenvalue weighted by Gasteiger charge is -2.27. The molecule has 2 rings (SSSR count). The lowest BCUT2D eigenvalue weighted by atomic mass is 9.90. The molecule has 0 amide bonds. The maximum atomic E-state index is 11.8. The van der Waals surface area contributed by atoms with Gasteiger partial charge >= 0.3 is 0 Å². The molecule has 0 saturated carbocycles. The van der Waals surface area contributed by atoms with Crippen LogP contribution in [0, 0.1) is 0 Å². The summed E-state index contributed by atoms with van der Waals surface area (Å²) in [5.41, 5.74) is 0.634. The summed E-state index contributed by atoms with van der Waals surface area (Å²) in [7, 11) is -3.19. The fourth-order valence-corrected chi connectivity index (χ4v) is 3.74. The van der Waals surface area contributed by atoms with Gasteiger partial charge in [-0.2, -0.15) is 0 Å². The van der Waals surface area contributed by atoms with Gasteiger partial charge in [-0.15, -0.1) is 0 Å². The van der Waals surface area contributed by atoms with Gasteiger partial charge in [-0.1, -0.05) is 15.9 Å². The van der Waals surface area contributed by atoms with E-state index in [0.717, 1.165) is 29.4 Å². The summed E-state index contributed by atoms with van der Waals surface area (Å²) in [5.74, 6) is 0. The second-order valence-electron chi connectivity index (χ2n) is 4.78. The maximum Gasteiger partial charge on any atom is 0.175 e. The number of hydrogen-bond acceptors (Lipinski definition) is 3. The molecule has 5 heteroatoms. The summed E-state index contributed by atoms with van der Waals surface area (Å²) < 4.78 is 24.6. The van der Waals surface area contributed by atoms with Gasteiger partial charge in [0.1, 0.15) is 0 Å². The molecule has 0 radical (unpaired) electrons. The van der Waals surface area contributed by atoms with Crippen LogP contribution in [0.3, 0.4) is 0 Å². The van der Waals surface area contributed by atoms with E-state index in [9.17, 15) is 8.42 Å². The van der Waals surface area contributed by atoms with Crippen molar-refractivity contribution in [1.29, 1.82) is 0 Å². The first kappa shape index (κ1) is 13.1. The Hall–Kier alpha value is -0.390. The Labute approximate surface area is 111 Å². The van der Waals surface area contributed by atoms with Gasteiger partial charge in [-0.05, 0) is 50.1 Å². The van der Waals surface area contributed by atoms with E-state index < -0.39 is 9.84 Å². The van der Waals surface area contributed by atoms with Crippen molar-refractivity contribution < 1.29 is 8.42 Å². The molecule has 1 heterocycles. The van der Waals surface area contributed by atoms with Crippen LogP contribution in [0.4, 0.5) is 0 Å². The first-order valence-electron chi connectivity index (χ1n) is 5.58. The Kier molecular flexibility index (Phi) is 3.36. The van der Waals surface area contributed by atoms with E-state index in [0.29, 0.717) is 4.90 Å². The smallest absolute Gasteiger partial charge is 0.175 e. The third-order valence-corrected chi connectivity index (χ3v) is 4.95. The summed E-state index contributed by atoms with van der Waals surface area (Å²) in [4.78, 5) is 0.428. The van der Waals surface area contributed by atoms with Gasteiger partial charge in [0.15, 0.2) is 9.84 Å². The summed E-state index contributed by atoms with van der Waals surface area (Å²) in [6.45, 7) is 3.00. The zero-order valence-corrected chi connectivity index (χ0v) is 12.4. The van der Waals surface area contributed by atoms with Crippen LogP contribution in [0.15, 0.2) is 27.6 Å². The molecule has 1 aliphatic heterocycles. The monoisotopic (exact) mass is 317 g/mol. The number of sulfone groups is 1. The van der Waals surface area contributed by atoms with E-state index in [2.05, 4.69) is 28.2 Å². The quantitative estimate of drug-likeness (QED) is 0.911. The summed E-state index contributed by atoms with van der Waals surface area (Å²) in [6.07, 6.45) is 3.30. The predicted octanol–water partition coefficient (Wildman–Crippen LogP) is 2.45. The Balaban J connectivity index is 2.63. The molecule has 1 aliphatic rings. The SMILES string of the molecule is CC1(c2cc(Br)ccc2S(C)(=O)=O)CCCN1. The molecule has 94 valence electrons. The molecule has 17 heavy (non-hydrogen) atoms. The van der Waals surface area contributed by atoms with Crippen molar-refractivity contribution in [3.05, 3.63) is 28.2 Å². The van der Waals surface area contributed by atoms with Gasteiger partial charge in [-0.3, -0.25) is 0 Å². The van der Waals surface area contributed by atoms with Crippen molar-refractivity contribution in [3.8, 4) is 0 Å². The highest BCUT2D eigenvalue weighted by atomic mass is 79.9. The number of benzene rings is 1. The average molecular weight is 318 g/mol. The summed E-state index contributed by atoms with van der Waals surface area (Å²) in [6, 6.07) is 5.37. The van der Waals surface area contributed by atoms with E-state index in [1.54, 1.807) is 12.1 Å². The average Bonchev–Trinajstić information content (AvgIpc) is 2.64. The minimum atomic E-state index is -3.19. The van der Waals surface area contributed by atoms with Crippen LogP contribution in [0.1, 0.15) is 25.3 Å². The molecule has 0 aliphatic carbocycles. The van der Waals surface area contributed by atoms with Gasteiger partial charge < -0.3 is 5.32 Å². The van der Waals surface area contributed by atoms with Crippen molar-refractivity contribution in [2.24, 2.45) is 0 Å². The highest BCUT2D eigenvalue weighted by Crippen LogP contribution is 2.35. The van der Waals surface area contributed by atoms with E-state index in [4.69, 9.17) is 0 Å². The highest BCUT2D eigenvalue weighted by molar-refractivity contribution is 9.10. The Morgan fingerprint density at radius 3 is 2.65 bits per heavy atom. The molecule has 0 aromatic heterocycles. The normalized spacial score (nSPS) is 25.1. The fraction of sp³-hybridized carbons (Fsp3) is 0.500. The molecular formula is C12H16BrNO2S. The first-order chi connectivity index (χ1) is 7.83. The van der Waals surface area contributed by atoms with Crippen LogP contribution in [-0.2, 0) is 15.4 Å². The zero-order valence-electron chi connectivity index (χ0n) is 9.96. The van der Waals surface area contributed by atoms with Crippen molar-refractivity contribution >= 4 is 25.8 Å². The molecule has 1 aromatic carbocycles. The second kappa shape index (κ2) is 4.37. The van der Waals surface area contributed by atoms with Crippen molar-refractivity contribution in [3.63, 3.8) is 0 Å². The molecule has 0 spiro atoms. The van der Waals surface area contributed by atoms with E-state index in [1.807, 2.05) is 6.07 Å². The minimum Gasteiger partial charge on any atom is -0.308 e. The lowest BCUT2D eigenvalue weighted by molar-refractivity contribution is 0.425. The van der Waals surface area contributed by atoms with Gasteiger partial charge in [0.2, 0.25) is 0 Å². The molecule has 1 fully saturated rings. The number of hydrogen-bond donors (Lipinski definition) is 1. The standard InChI is InChI=1S/C12H16BrNO2S/c1-12(6-3-7-14-12)10-8-9(13)4-5-11(10)17(2,15)16/h4-5,8,14H,3,6-7H2,1-2H3. The molecule has 1 atom stereocenters. The van der Waals surface area contributed by atoms with Crippen molar-refractivity contribution in [1.82, 2.24) is 5.32 Å². The van der Waals surface area contributed by atoms with E-state index in [1.165, 1.54) is 6.26 Å². The Morgan fingerprint density at radius 2 is 2.12 bits per heavy atom. The number of rotatable bonds is 2. The number of nitrogens with one attached hydrogen (secondary N) is 1. The highest BCUT2D eigenvalue weighted by Gasteiger charge is 2.34. The lowest BCUT2D eigenvalue weighted by Crippen LogP contribution is -2.34. The van der Waals surface area contributed by atoms with Crippen LogP contribution in [0.2, 0.25) is 0 Å². The maximum absolute atomic E-state index is 11.8. The Bertz CT molecular complexity index is 533. The van der Waals surface area contributed by atoms with Crippen LogP contribution in [0.5, 0.6) is 0 Å². The first-order valence-corrected chi connectivity index (χ1v) is 8.26. The molecular weight excluding hydrogens is 302 g/mol. The largest absolute Gasteiger partial charge is 0.308 e. The third kappa shape index (κ3) is 2.56. The molecule has 1 aromatic rings. The van der Waals surface area contributed by atoms with E-state index >= 15 is 0 Å². The third-order valence-electron chi connectivity index (χ3n) is 3.30. The Morgan fingerprint density at radius 1 is 1.41 bits per heavy atom. The summed E-state index contributed by atoms with van der Waals surface area (Å²) >= 11 is 3.41. The van der Waals surface area contributed by atoms with Crippen molar-refractivity contribution in [2.45, 2.75) is 30.2 Å². The molecule has 1 N–H and O–H groups in total. The molecule has 1 unspecified atom stereocenters. The summed E-state index contributed by atoms with van der Waals surface area (Å²) in [5, 5.41) is 3.40. The van der Waals surface area contributed by atoms with Gasteiger partial charge in [0.25, 0.3) is 0 Å². The molecule has 0 bridgehead atoms. The van der Waals surface area contributed by atoms with Crippen LogP contribution < -0.4 is 5.32 Å². The predicted molar refractivity (Wildman–Crippen MR) is 71.8 cm³/mol. The fourth-order valence-electron chi connectivity index (χ4n) is 2.38. The van der Waals surface area contributed by atoms with Gasteiger partial charge in [0.05, 0.1) is 4.90 Å². The zero-order chi connectivity index (χ0) is 12.7. The van der Waals surface area contributed by atoms with Crippen LogP contribution in [-0.4, -0.2) is 21.2 Å². The molecule has 1 saturated heterocycles. The number of halogens is 1. The molecule has 3 nitrogen and oxygen atoms in total. The van der Waals surface area contributed by atoms with Gasteiger partial charge in [0, 0.05) is 16.3 Å². The van der Waals surface area contributed by atoms with E-state index in [-0.39, 0.29) is 5.54 Å². The second-order valence-corrected chi connectivity index (χ2v) is 7.67. The van der Waals surface area contributed by atoms with Crippen LogP contribution >= 0.6 is 15.9 Å². The van der Waals surface area contributed by atoms with Gasteiger partial charge in [-0.25, -0.2) is 8.42 Å². The van der Waals surface area contributed by atoms with Crippen LogP contribution in [0.25, 0.3) is 0 Å². The van der Waals surface area contributed by atoms with Crippen molar-refractivity contribution in [2.75, 3.05) is 12.8 Å². The minimum absolute atomic E-state index is 0.234. The topological polar surface area (TPSA) is 46.2 Å².